The number of unbranched alkanes of at least 4 members (excludes halogenated alkanes) is 1. The van der Waals surface area contributed by atoms with Gasteiger partial charge in [0.15, 0.2) is 11.5 Å². The van der Waals surface area contributed by atoms with E-state index in [-0.39, 0.29) is 10.6 Å². The van der Waals surface area contributed by atoms with E-state index in [0.29, 0.717) is 24.1 Å². The van der Waals surface area contributed by atoms with E-state index in [9.17, 15) is 4.79 Å². The molecule has 0 bridgehead atoms. The third-order valence-electron chi connectivity index (χ3n) is 5.49. The number of likely N-dealkylation sites (N-methyl/N-ethyl adjacent to an activating group) is 1. The molecule has 0 aliphatic heterocycles. The van der Waals surface area contributed by atoms with Crippen LogP contribution in [0.15, 0.2) is 36.4 Å². The molecule has 0 amide bonds. The molecule has 7 heteroatoms. The minimum atomic E-state index is -0.462. The van der Waals surface area contributed by atoms with Crippen LogP contribution in [-0.2, 0) is 11.2 Å². The van der Waals surface area contributed by atoms with Crippen LogP contribution in [-0.4, -0.2) is 57.9 Å². The highest BCUT2D eigenvalue weighted by Crippen LogP contribution is 2.33. The summed E-state index contributed by atoms with van der Waals surface area (Å²) in [6.07, 6.45) is 2.70. The van der Waals surface area contributed by atoms with Crippen molar-refractivity contribution >= 4 is 17.6 Å². The minimum Gasteiger partial charge on any atom is -0.497 e. The van der Waals surface area contributed by atoms with Gasteiger partial charge in [-0.15, -0.1) is 0 Å². The van der Waals surface area contributed by atoms with Gasteiger partial charge in [-0.2, -0.15) is 0 Å². The SMILES string of the molecule is CCN(CCCCOC(=O)c1cc(OC)c(OC)cc1Cl)C(C)Cc1ccc(OC)cc1. The summed E-state index contributed by atoms with van der Waals surface area (Å²) < 4.78 is 21.1. The number of carbonyl (C=O) groups is 1. The van der Waals surface area contributed by atoms with Crippen LogP contribution in [0.2, 0.25) is 5.02 Å². The predicted molar refractivity (Wildman–Crippen MR) is 127 cm³/mol. The molecule has 0 saturated carbocycles. The molecule has 0 saturated heterocycles. The normalized spacial score (nSPS) is 11.8. The van der Waals surface area contributed by atoms with Gasteiger partial charge in [-0.25, -0.2) is 4.79 Å². The molecule has 32 heavy (non-hydrogen) atoms. The summed E-state index contributed by atoms with van der Waals surface area (Å²) in [4.78, 5) is 14.9. The van der Waals surface area contributed by atoms with Crippen molar-refractivity contribution in [3.05, 3.63) is 52.5 Å². The molecule has 6 nitrogen and oxygen atoms in total. The molecule has 0 heterocycles. The molecule has 0 fully saturated rings. The van der Waals surface area contributed by atoms with Gasteiger partial charge < -0.3 is 23.8 Å². The van der Waals surface area contributed by atoms with Gasteiger partial charge >= 0.3 is 5.97 Å². The Labute approximate surface area is 196 Å². The van der Waals surface area contributed by atoms with Crippen LogP contribution in [0.3, 0.4) is 0 Å². The lowest BCUT2D eigenvalue weighted by Crippen LogP contribution is -2.35. The molecule has 176 valence electrons. The zero-order chi connectivity index (χ0) is 23.5. The van der Waals surface area contributed by atoms with Gasteiger partial charge in [-0.1, -0.05) is 30.7 Å². The summed E-state index contributed by atoms with van der Waals surface area (Å²) in [5, 5.41) is 0.275. The number of esters is 1. The summed E-state index contributed by atoms with van der Waals surface area (Å²) in [7, 11) is 4.70. The number of hydrogen-bond donors (Lipinski definition) is 0. The van der Waals surface area contributed by atoms with Gasteiger partial charge in [0.2, 0.25) is 0 Å². The van der Waals surface area contributed by atoms with E-state index in [4.69, 9.17) is 30.5 Å². The molecule has 0 spiro atoms. The van der Waals surface area contributed by atoms with Crippen LogP contribution in [0, 0.1) is 0 Å². The topological polar surface area (TPSA) is 57.2 Å². The predicted octanol–water partition coefficient (Wildman–Crippen LogP) is 5.26. The Morgan fingerprint density at radius 3 is 2.25 bits per heavy atom. The first-order valence-electron chi connectivity index (χ1n) is 10.9. The lowest BCUT2D eigenvalue weighted by atomic mass is 10.1. The van der Waals surface area contributed by atoms with Crippen LogP contribution >= 0.6 is 11.6 Å². The molecular formula is C25H34ClNO5. The van der Waals surface area contributed by atoms with Crippen molar-refractivity contribution in [3.63, 3.8) is 0 Å². The maximum atomic E-state index is 12.4. The first-order chi connectivity index (χ1) is 15.4. The Bertz CT molecular complexity index is 856. The number of methoxy groups -OCH3 is 3. The quantitative estimate of drug-likeness (QED) is 0.298. The largest absolute Gasteiger partial charge is 0.497 e. The van der Waals surface area contributed by atoms with Crippen LogP contribution in [0.4, 0.5) is 0 Å². The summed E-state index contributed by atoms with van der Waals surface area (Å²) in [5.74, 6) is 1.32. The molecule has 0 aromatic heterocycles. The summed E-state index contributed by atoms with van der Waals surface area (Å²) in [6, 6.07) is 11.7. The number of ether oxygens (including phenoxy) is 4. The molecule has 2 aromatic rings. The average Bonchev–Trinajstić information content (AvgIpc) is 2.81. The Balaban J connectivity index is 1.78. The molecule has 0 aliphatic carbocycles. The molecule has 2 aromatic carbocycles. The van der Waals surface area contributed by atoms with Crippen molar-refractivity contribution in [2.45, 2.75) is 39.2 Å². The number of hydrogen-bond acceptors (Lipinski definition) is 6. The fourth-order valence-corrected chi connectivity index (χ4v) is 3.82. The maximum Gasteiger partial charge on any atom is 0.339 e. The van der Waals surface area contributed by atoms with Crippen LogP contribution in [0.25, 0.3) is 0 Å². The second kappa shape index (κ2) is 13.2. The zero-order valence-electron chi connectivity index (χ0n) is 19.7. The van der Waals surface area contributed by atoms with Crippen molar-refractivity contribution in [1.82, 2.24) is 4.90 Å². The van der Waals surface area contributed by atoms with E-state index in [1.807, 2.05) is 12.1 Å². The van der Waals surface area contributed by atoms with E-state index in [2.05, 4.69) is 30.9 Å². The number of rotatable bonds is 13. The Kier molecular flexibility index (Phi) is 10.6. The summed E-state index contributed by atoms with van der Waals surface area (Å²) in [5.41, 5.74) is 1.56. The van der Waals surface area contributed by atoms with Crippen LogP contribution in [0.1, 0.15) is 42.6 Å². The van der Waals surface area contributed by atoms with Gasteiger partial charge in [-0.05, 0) is 63.0 Å². The van der Waals surface area contributed by atoms with Crippen LogP contribution in [0.5, 0.6) is 17.2 Å². The molecular weight excluding hydrogens is 430 g/mol. The van der Waals surface area contributed by atoms with E-state index >= 15 is 0 Å². The highest BCUT2D eigenvalue weighted by atomic mass is 35.5. The maximum absolute atomic E-state index is 12.4. The van der Waals surface area contributed by atoms with Gasteiger partial charge in [-0.3, -0.25) is 0 Å². The second-order valence-electron chi connectivity index (χ2n) is 7.56. The van der Waals surface area contributed by atoms with Crippen molar-refractivity contribution in [2.24, 2.45) is 0 Å². The van der Waals surface area contributed by atoms with E-state index in [1.54, 1.807) is 19.2 Å². The fourth-order valence-electron chi connectivity index (χ4n) is 3.59. The van der Waals surface area contributed by atoms with E-state index in [1.165, 1.54) is 19.8 Å². The molecule has 2 rings (SSSR count). The summed E-state index contributed by atoms with van der Waals surface area (Å²) in [6.45, 7) is 6.67. The summed E-state index contributed by atoms with van der Waals surface area (Å²) >= 11 is 6.20. The van der Waals surface area contributed by atoms with Crippen molar-refractivity contribution in [2.75, 3.05) is 41.0 Å². The first kappa shape index (κ1) is 25.8. The lowest BCUT2D eigenvalue weighted by Gasteiger charge is -2.28. The van der Waals surface area contributed by atoms with Crippen LogP contribution < -0.4 is 14.2 Å². The van der Waals surface area contributed by atoms with Crippen molar-refractivity contribution in [3.8, 4) is 17.2 Å². The van der Waals surface area contributed by atoms with Gasteiger partial charge in [0.05, 0.1) is 38.5 Å². The standard InChI is InChI=1S/C25H34ClNO5/c1-6-27(18(2)15-19-9-11-20(29-3)12-10-19)13-7-8-14-32-25(28)21-16-23(30-4)24(31-5)17-22(21)26/h9-12,16-18H,6-8,13-15H2,1-5H3. The van der Waals surface area contributed by atoms with Gasteiger partial charge in [0.25, 0.3) is 0 Å². The Morgan fingerprint density at radius 2 is 1.66 bits per heavy atom. The first-order valence-corrected chi connectivity index (χ1v) is 11.3. The van der Waals surface area contributed by atoms with Gasteiger partial charge in [0.1, 0.15) is 5.75 Å². The number of nitrogens with zero attached hydrogens (tertiary/aromatic N) is 1. The molecule has 0 radical (unpaired) electrons. The second-order valence-corrected chi connectivity index (χ2v) is 7.97. The monoisotopic (exact) mass is 463 g/mol. The Morgan fingerprint density at radius 1 is 1.00 bits per heavy atom. The highest BCUT2D eigenvalue weighted by molar-refractivity contribution is 6.33. The molecule has 0 N–H and O–H groups in total. The molecule has 0 aliphatic rings. The van der Waals surface area contributed by atoms with Crippen molar-refractivity contribution < 1.29 is 23.7 Å². The number of carbonyl (C=O) groups excluding carboxylic acids is 1. The van der Waals surface area contributed by atoms with E-state index < -0.39 is 5.97 Å². The number of benzene rings is 2. The molecule has 1 atom stereocenters. The fraction of sp³-hybridized carbons (Fsp3) is 0.480. The smallest absolute Gasteiger partial charge is 0.339 e. The van der Waals surface area contributed by atoms with Crippen molar-refractivity contribution in [1.29, 1.82) is 0 Å². The van der Waals surface area contributed by atoms with Gasteiger partial charge in [0, 0.05) is 12.1 Å². The lowest BCUT2D eigenvalue weighted by molar-refractivity contribution is 0.0493. The highest BCUT2D eigenvalue weighted by Gasteiger charge is 2.17. The zero-order valence-corrected chi connectivity index (χ0v) is 20.4. The number of halogens is 1. The molecule has 1 unspecified atom stereocenters. The average molecular weight is 464 g/mol. The Hall–Kier alpha value is -2.44. The van der Waals surface area contributed by atoms with E-state index in [0.717, 1.165) is 38.1 Å². The minimum absolute atomic E-state index is 0.271. The third kappa shape index (κ3) is 7.31. The third-order valence-corrected chi connectivity index (χ3v) is 5.80.